The van der Waals surface area contributed by atoms with Gasteiger partial charge in [0.2, 0.25) is 0 Å². The molecule has 1 aliphatic heterocycles. The Kier molecular flexibility index (Phi) is 9.01. The van der Waals surface area contributed by atoms with E-state index in [1.807, 2.05) is 0 Å². The number of hydrogen-bond acceptors (Lipinski definition) is 3. The zero-order valence-electron chi connectivity index (χ0n) is 12.7. The standard InChI is InChI=1S/C17H28O3/c1-2-3-4-5-6-7-8-9-10-11-12-13-15-14-16(18)20-17(15)19/h5-6,15H,2-4,7-14H2,1H3/b6-5+. The van der Waals surface area contributed by atoms with Gasteiger partial charge in [0.1, 0.15) is 0 Å². The monoisotopic (exact) mass is 280 g/mol. The first kappa shape index (κ1) is 16.9. The molecule has 3 nitrogen and oxygen atoms in total. The van der Waals surface area contributed by atoms with Crippen LogP contribution in [-0.4, -0.2) is 11.9 Å². The minimum Gasteiger partial charge on any atom is -0.393 e. The van der Waals surface area contributed by atoms with Crippen LogP contribution in [0.4, 0.5) is 0 Å². The highest BCUT2D eigenvalue weighted by Gasteiger charge is 2.32. The van der Waals surface area contributed by atoms with Crippen LogP contribution in [0.25, 0.3) is 0 Å². The lowest BCUT2D eigenvalue weighted by Gasteiger charge is -2.03. The molecule has 1 heterocycles. The Morgan fingerprint density at radius 3 is 2.30 bits per heavy atom. The Hall–Kier alpha value is -1.12. The van der Waals surface area contributed by atoms with Crippen LogP contribution < -0.4 is 0 Å². The third kappa shape index (κ3) is 7.46. The van der Waals surface area contributed by atoms with Gasteiger partial charge in [-0.3, -0.25) is 9.59 Å². The van der Waals surface area contributed by atoms with Crippen LogP contribution in [0.2, 0.25) is 0 Å². The zero-order valence-corrected chi connectivity index (χ0v) is 12.7. The Bertz CT molecular complexity index is 320. The topological polar surface area (TPSA) is 43.4 Å². The van der Waals surface area contributed by atoms with Crippen LogP contribution in [0.5, 0.6) is 0 Å². The van der Waals surface area contributed by atoms with Gasteiger partial charge in [-0.2, -0.15) is 0 Å². The molecule has 0 N–H and O–H groups in total. The van der Waals surface area contributed by atoms with Crippen LogP contribution in [0.3, 0.4) is 0 Å². The normalized spacial score (nSPS) is 18.9. The molecule has 1 atom stereocenters. The quantitative estimate of drug-likeness (QED) is 0.241. The average molecular weight is 280 g/mol. The second-order valence-electron chi connectivity index (χ2n) is 5.65. The maximum absolute atomic E-state index is 11.2. The van der Waals surface area contributed by atoms with E-state index < -0.39 is 0 Å². The van der Waals surface area contributed by atoms with Crippen molar-refractivity contribution in [2.45, 2.75) is 77.6 Å². The summed E-state index contributed by atoms with van der Waals surface area (Å²) in [4.78, 5) is 22.2. The zero-order chi connectivity index (χ0) is 14.6. The summed E-state index contributed by atoms with van der Waals surface area (Å²) < 4.78 is 4.54. The van der Waals surface area contributed by atoms with Crippen molar-refractivity contribution < 1.29 is 14.3 Å². The number of carbonyl (C=O) groups excluding carboxylic acids is 2. The van der Waals surface area contributed by atoms with E-state index in [1.165, 1.54) is 44.9 Å². The number of rotatable bonds is 11. The second kappa shape index (κ2) is 10.6. The van der Waals surface area contributed by atoms with Crippen LogP contribution >= 0.6 is 0 Å². The van der Waals surface area contributed by atoms with Gasteiger partial charge in [-0.05, 0) is 25.7 Å². The van der Waals surface area contributed by atoms with Gasteiger partial charge in [0.05, 0.1) is 12.3 Å². The number of cyclic esters (lactones) is 2. The molecule has 0 spiro atoms. The summed E-state index contributed by atoms with van der Waals surface area (Å²) >= 11 is 0. The number of allylic oxidation sites excluding steroid dienone is 2. The molecule has 0 aromatic carbocycles. The van der Waals surface area contributed by atoms with Crippen molar-refractivity contribution in [2.75, 3.05) is 0 Å². The van der Waals surface area contributed by atoms with E-state index in [0.717, 1.165) is 19.3 Å². The molecule has 0 radical (unpaired) electrons. The molecule has 1 rings (SSSR count). The lowest BCUT2D eigenvalue weighted by atomic mass is 9.99. The summed E-state index contributed by atoms with van der Waals surface area (Å²) in [7, 11) is 0. The van der Waals surface area contributed by atoms with Crippen molar-refractivity contribution >= 4 is 11.9 Å². The summed E-state index contributed by atoms with van der Waals surface area (Å²) in [6.07, 6.45) is 16.6. The Balaban J connectivity index is 1.86. The van der Waals surface area contributed by atoms with E-state index in [1.54, 1.807) is 0 Å². The first-order valence-corrected chi connectivity index (χ1v) is 8.13. The fourth-order valence-electron chi connectivity index (χ4n) is 2.48. The molecule has 1 fully saturated rings. The number of carbonyl (C=O) groups is 2. The lowest BCUT2D eigenvalue weighted by Crippen LogP contribution is -2.06. The second-order valence-corrected chi connectivity index (χ2v) is 5.65. The first-order chi connectivity index (χ1) is 9.74. The number of esters is 2. The van der Waals surface area contributed by atoms with Crippen molar-refractivity contribution in [2.24, 2.45) is 5.92 Å². The Morgan fingerprint density at radius 1 is 1.00 bits per heavy atom. The predicted octanol–water partition coefficient (Wildman–Crippen LogP) is 4.55. The third-order valence-electron chi connectivity index (χ3n) is 3.78. The van der Waals surface area contributed by atoms with Gasteiger partial charge in [-0.15, -0.1) is 0 Å². The van der Waals surface area contributed by atoms with Gasteiger partial charge in [0, 0.05) is 0 Å². The minimum absolute atomic E-state index is 0.163. The number of hydrogen-bond donors (Lipinski definition) is 0. The van der Waals surface area contributed by atoms with Gasteiger partial charge >= 0.3 is 11.9 Å². The fourth-order valence-corrected chi connectivity index (χ4v) is 2.48. The predicted molar refractivity (Wildman–Crippen MR) is 80.2 cm³/mol. The molecule has 0 amide bonds. The van der Waals surface area contributed by atoms with E-state index in [-0.39, 0.29) is 17.9 Å². The molecule has 0 bridgehead atoms. The van der Waals surface area contributed by atoms with Crippen molar-refractivity contribution in [1.29, 1.82) is 0 Å². The largest absolute Gasteiger partial charge is 0.393 e. The summed E-state index contributed by atoms with van der Waals surface area (Å²) in [6.45, 7) is 2.22. The maximum atomic E-state index is 11.2. The molecule has 0 saturated carbocycles. The van der Waals surface area contributed by atoms with Crippen LogP contribution in [-0.2, 0) is 14.3 Å². The summed E-state index contributed by atoms with van der Waals surface area (Å²) in [5.41, 5.74) is 0. The third-order valence-corrected chi connectivity index (χ3v) is 3.78. The van der Waals surface area contributed by atoms with Crippen LogP contribution in [0.15, 0.2) is 12.2 Å². The smallest absolute Gasteiger partial charge is 0.317 e. The molecule has 0 aromatic heterocycles. The average Bonchev–Trinajstić information content (AvgIpc) is 2.74. The van der Waals surface area contributed by atoms with Gasteiger partial charge < -0.3 is 4.74 Å². The van der Waals surface area contributed by atoms with Crippen molar-refractivity contribution in [3.63, 3.8) is 0 Å². The Labute approximate surface area is 122 Å². The van der Waals surface area contributed by atoms with Gasteiger partial charge in [-0.25, -0.2) is 0 Å². The van der Waals surface area contributed by atoms with E-state index in [2.05, 4.69) is 23.8 Å². The molecule has 1 aliphatic rings. The molecular weight excluding hydrogens is 252 g/mol. The maximum Gasteiger partial charge on any atom is 0.317 e. The van der Waals surface area contributed by atoms with Crippen LogP contribution in [0, 0.1) is 5.92 Å². The molecule has 20 heavy (non-hydrogen) atoms. The van der Waals surface area contributed by atoms with E-state index in [0.29, 0.717) is 6.42 Å². The highest BCUT2D eigenvalue weighted by Crippen LogP contribution is 2.22. The van der Waals surface area contributed by atoms with E-state index in [4.69, 9.17) is 0 Å². The van der Waals surface area contributed by atoms with E-state index >= 15 is 0 Å². The summed E-state index contributed by atoms with van der Waals surface area (Å²) in [6, 6.07) is 0. The van der Waals surface area contributed by atoms with Gasteiger partial charge in [0.25, 0.3) is 0 Å². The van der Waals surface area contributed by atoms with Crippen LogP contribution in [0.1, 0.15) is 77.6 Å². The highest BCUT2D eigenvalue weighted by atomic mass is 16.6. The lowest BCUT2D eigenvalue weighted by molar-refractivity contribution is -0.153. The molecule has 0 aliphatic carbocycles. The van der Waals surface area contributed by atoms with Crippen molar-refractivity contribution in [1.82, 2.24) is 0 Å². The number of unbranched alkanes of at least 4 members (excludes halogenated alkanes) is 7. The van der Waals surface area contributed by atoms with Gasteiger partial charge in [0.15, 0.2) is 0 Å². The molecular formula is C17H28O3. The van der Waals surface area contributed by atoms with Gasteiger partial charge in [-0.1, -0.05) is 57.6 Å². The fraction of sp³-hybridized carbons (Fsp3) is 0.765. The molecule has 1 saturated heterocycles. The van der Waals surface area contributed by atoms with E-state index in [9.17, 15) is 9.59 Å². The number of ether oxygens (including phenoxy) is 1. The van der Waals surface area contributed by atoms with Crippen molar-refractivity contribution in [3.8, 4) is 0 Å². The first-order valence-electron chi connectivity index (χ1n) is 8.13. The molecule has 1 unspecified atom stereocenters. The SMILES string of the molecule is CCCC/C=C/CCCCCCCC1CC(=O)OC1=O. The minimum atomic E-state index is -0.352. The highest BCUT2D eigenvalue weighted by molar-refractivity contribution is 5.94. The van der Waals surface area contributed by atoms with Crippen molar-refractivity contribution in [3.05, 3.63) is 12.2 Å². The summed E-state index contributed by atoms with van der Waals surface area (Å²) in [5, 5.41) is 0. The molecule has 0 aromatic rings. The molecule has 3 heteroatoms. The molecule has 114 valence electrons. The summed E-state index contributed by atoms with van der Waals surface area (Å²) in [5.74, 6) is -0.828. The Morgan fingerprint density at radius 2 is 1.65 bits per heavy atom.